The minimum absolute atomic E-state index is 0.360. The monoisotopic (exact) mass is 483 g/mol. The van der Waals surface area contributed by atoms with Gasteiger partial charge in [-0.05, 0) is 55.4 Å². The van der Waals surface area contributed by atoms with Crippen molar-refractivity contribution in [3.05, 3.63) is 71.2 Å². The molecule has 0 aliphatic carbocycles. The molecule has 0 aliphatic heterocycles. The molecule has 0 fully saturated rings. The maximum Gasteiger partial charge on any atom is 0.159 e. The number of imidazole rings is 1. The summed E-state index contributed by atoms with van der Waals surface area (Å²) in [6.45, 7) is 5.64. The summed E-state index contributed by atoms with van der Waals surface area (Å²) in [7, 11) is 0. The molecule has 5 heterocycles. The molecule has 174 valence electrons. The Labute approximate surface area is 204 Å². The summed E-state index contributed by atoms with van der Waals surface area (Å²) < 4.78 is 16.0. The van der Waals surface area contributed by atoms with Gasteiger partial charge in [0.05, 0.1) is 21.3 Å². The van der Waals surface area contributed by atoms with Gasteiger partial charge < -0.3 is 10.3 Å². The topological polar surface area (TPSA) is 95.2 Å². The molecule has 0 unspecified atom stereocenters. The summed E-state index contributed by atoms with van der Waals surface area (Å²) in [4.78, 5) is 19.2. The van der Waals surface area contributed by atoms with Crippen molar-refractivity contribution < 1.29 is 4.39 Å². The SMILES string of the molecule is CCNCc1cncc(-c2ccc3[nH]nc(-c4nc5c(-c6ccc(C)s6)nccc5[nH]4)c3c2F)c1. The van der Waals surface area contributed by atoms with E-state index in [-0.39, 0.29) is 5.82 Å². The number of nitrogens with one attached hydrogen (secondary N) is 3. The molecule has 0 radical (unpaired) electrons. The highest BCUT2D eigenvalue weighted by Crippen LogP contribution is 2.36. The van der Waals surface area contributed by atoms with Gasteiger partial charge in [-0.2, -0.15) is 5.10 Å². The van der Waals surface area contributed by atoms with Gasteiger partial charge in [-0.1, -0.05) is 6.92 Å². The van der Waals surface area contributed by atoms with Crippen molar-refractivity contribution in [3.63, 3.8) is 0 Å². The Bertz CT molecular complexity index is 1680. The van der Waals surface area contributed by atoms with Crippen LogP contribution >= 0.6 is 11.3 Å². The first-order valence-corrected chi connectivity index (χ1v) is 12.2. The number of fused-ring (bicyclic) bond motifs is 2. The maximum atomic E-state index is 16.0. The van der Waals surface area contributed by atoms with E-state index >= 15 is 4.39 Å². The quantitative estimate of drug-likeness (QED) is 0.276. The zero-order chi connectivity index (χ0) is 23.9. The number of rotatable bonds is 6. The Balaban J connectivity index is 1.48. The summed E-state index contributed by atoms with van der Waals surface area (Å²) in [5.74, 6) is 0.130. The van der Waals surface area contributed by atoms with Gasteiger partial charge in [-0.15, -0.1) is 11.3 Å². The summed E-state index contributed by atoms with van der Waals surface area (Å²) in [5.41, 5.74) is 5.58. The molecule has 35 heavy (non-hydrogen) atoms. The van der Waals surface area contributed by atoms with E-state index in [1.807, 2.05) is 31.2 Å². The van der Waals surface area contributed by atoms with Crippen LogP contribution in [-0.4, -0.2) is 36.7 Å². The second kappa shape index (κ2) is 8.68. The van der Waals surface area contributed by atoms with Gasteiger partial charge >= 0.3 is 0 Å². The van der Waals surface area contributed by atoms with Gasteiger partial charge in [0.15, 0.2) is 5.82 Å². The Kier molecular flexibility index (Phi) is 5.35. The largest absolute Gasteiger partial charge is 0.336 e. The molecule has 0 atom stereocenters. The lowest BCUT2D eigenvalue weighted by molar-refractivity contribution is 0.643. The lowest BCUT2D eigenvalue weighted by atomic mass is 10.0. The predicted molar refractivity (Wildman–Crippen MR) is 138 cm³/mol. The number of aryl methyl sites for hydroxylation is 1. The Morgan fingerprint density at radius 1 is 1.06 bits per heavy atom. The van der Waals surface area contributed by atoms with E-state index in [1.54, 1.807) is 36.0 Å². The Morgan fingerprint density at radius 2 is 1.97 bits per heavy atom. The molecule has 6 aromatic rings. The lowest BCUT2D eigenvalue weighted by Gasteiger charge is -2.07. The van der Waals surface area contributed by atoms with Crippen LogP contribution in [0.2, 0.25) is 0 Å². The lowest BCUT2D eigenvalue weighted by Crippen LogP contribution is -2.11. The second-order valence-corrected chi connectivity index (χ2v) is 9.62. The van der Waals surface area contributed by atoms with Crippen LogP contribution in [0.5, 0.6) is 0 Å². The smallest absolute Gasteiger partial charge is 0.159 e. The fourth-order valence-corrected chi connectivity index (χ4v) is 5.12. The number of benzene rings is 1. The Morgan fingerprint density at radius 3 is 2.80 bits per heavy atom. The van der Waals surface area contributed by atoms with E-state index in [2.05, 4.69) is 43.5 Å². The number of H-pyrrole nitrogens is 2. The van der Waals surface area contributed by atoms with Crippen LogP contribution in [0.4, 0.5) is 4.39 Å². The highest BCUT2D eigenvalue weighted by atomic mass is 32.1. The number of aromatic amines is 2. The summed E-state index contributed by atoms with van der Waals surface area (Å²) in [5, 5.41) is 11.0. The van der Waals surface area contributed by atoms with Crippen molar-refractivity contribution in [2.45, 2.75) is 20.4 Å². The van der Waals surface area contributed by atoms with Gasteiger partial charge in [0.2, 0.25) is 0 Å². The van der Waals surface area contributed by atoms with Crippen LogP contribution in [0, 0.1) is 12.7 Å². The van der Waals surface area contributed by atoms with Crippen LogP contribution < -0.4 is 5.32 Å². The summed E-state index contributed by atoms with van der Waals surface area (Å²) in [6.07, 6.45) is 5.23. The zero-order valence-electron chi connectivity index (χ0n) is 19.2. The molecule has 7 nitrogen and oxygen atoms in total. The van der Waals surface area contributed by atoms with Crippen LogP contribution in [0.3, 0.4) is 0 Å². The Hall–Kier alpha value is -3.95. The first-order chi connectivity index (χ1) is 17.1. The number of thiophene rings is 1. The van der Waals surface area contributed by atoms with Crippen LogP contribution in [0.15, 0.2) is 55.0 Å². The number of halogens is 1. The normalized spacial score (nSPS) is 11.6. The van der Waals surface area contributed by atoms with Gasteiger partial charge in [-0.25, -0.2) is 9.37 Å². The molecular weight excluding hydrogens is 461 g/mol. The molecule has 0 bridgehead atoms. The second-order valence-electron chi connectivity index (χ2n) is 8.34. The molecule has 6 rings (SSSR count). The fourth-order valence-electron chi connectivity index (χ4n) is 4.26. The number of hydrogen-bond donors (Lipinski definition) is 3. The van der Waals surface area contributed by atoms with Gasteiger partial charge in [0.1, 0.15) is 22.7 Å². The summed E-state index contributed by atoms with van der Waals surface area (Å²) >= 11 is 1.66. The number of aromatic nitrogens is 6. The predicted octanol–water partition coefficient (Wildman–Crippen LogP) is 5.85. The number of pyridine rings is 2. The first kappa shape index (κ1) is 21.6. The molecule has 0 spiro atoms. The third-order valence-corrected chi connectivity index (χ3v) is 6.96. The van der Waals surface area contributed by atoms with Crippen molar-refractivity contribution >= 4 is 33.3 Å². The van der Waals surface area contributed by atoms with E-state index < -0.39 is 0 Å². The van der Waals surface area contributed by atoms with E-state index in [0.29, 0.717) is 34.5 Å². The van der Waals surface area contributed by atoms with Crippen molar-refractivity contribution in [2.24, 2.45) is 0 Å². The van der Waals surface area contributed by atoms with E-state index in [0.717, 1.165) is 39.3 Å². The highest BCUT2D eigenvalue weighted by molar-refractivity contribution is 7.15. The average Bonchev–Trinajstić information content (AvgIpc) is 3.60. The molecule has 1 aromatic carbocycles. The standard InChI is InChI=1S/C26H22FN7S/c1-3-28-11-15-10-16(13-29-12-15)17-5-6-18-21(22(17)27)25(34-33-18)26-31-19-8-9-30-24(23(19)32-26)20-7-4-14(2)35-20/h4-10,12-13,28H,3,11H2,1-2H3,(H,31,32)(H,33,34). The minimum Gasteiger partial charge on any atom is -0.336 e. The van der Waals surface area contributed by atoms with Crippen molar-refractivity contribution in [3.8, 4) is 33.2 Å². The van der Waals surface area contributed by atoms with Gasteiger partial charge in [0.25, 0.3) is 0 Å². The highest BCUT2D eigenvalue weighted by Gasteiger charge is 2.21. The molecule has 5 aromatic heterocycles. The van der Waals surface area contributed by atoms with E-state index in [4.69, 9.17) is 4.98 Å². The van der Waals surface area contributed by atoms with Gasteiger partial charge in [-0.3, -0.25) is 15.1 Å². The molecule has 0 aliphatic rings. The van der Waals surface area contributed by atoms with E-state index in [9.17, 15) is 0 Å². The summed E-state index contributed by atoms with van der Waals surface area (Å²) in [6, 6.07) is 11.5. The molecule has 3 N–H and O–H groups in total. The molecule has 0 saturated carbocycles. The van der Waals surface area contributed by atoms with E-state index in [1.165, 1.54) is 4.88 Å². The van der Waals surface area contributed by atoms with Gasteiger partial charge in [0, 0.05) is 41.1 Å². The van der Waals surface area contributed by atoms with Crippen LogP contribution in [0.1, 0.15) is 17.4 Å². The maximum absolute atomic E-state index is 16.0. The third-order valence-electron chi connectivity index (χ3n) is 5.95. The van der Waals surface area contributed by atoms with Crippen molar-refractivity contribution in [1.82, 2.24) is 35.5 Å². The van der Waals surface area contributed by atoms with Crippen molar-refractivity contribution in [2.75, 3.05) is 6.54 Å². The number of nitrogens with zero attached hydrogens (tertiary/aromatic N) is 4. The third kappa shape index (κ3) is 3.78. The van der Waals surface area contributed by atoms with Crippen LogP contribution in [0.25, 0.3) is 55.2 Å². The van der Waals surface area contributed by atoms with Crippen molar-refractivity contribution in [1.29, 1.82) is 0 Å². The molecule has 0 saturated heterocycles. The molecule has 9 heteroatoms. The first-order valence-electron chi connectivity index (χ1n) is 11.4. The van der Waals surface area contributed by atoms with Crippen LogP contribution in [-0.2, 0) is 6.54 Å². The molecule has 0 amide bonds. The minimum atomic E-state index is -0.360. The average molecular weight is 484 g/mol. The zero-order valence-corrected chi connectivity index (χ0v) is 20.0. The molecular formula is C26H22FN7S. The fraction of sp³-hybridized carbons (Fsp3) is 0.154. The number of hydrogen-bond acceptors (Lipinski definition) is 6.